The van der Waals surface area contributed by atoms with E-state index in [1.807, 2.05) is 38.1 Å². The topological polar surface area (TPSA) is 74.8 Å². The summed E-state index contributed by atoms with van der Waals surface area (Å²) in [5.41, 5.74) is 1.58. The first-order valence-electron chi connectivity index (χ1n) is 7.22. The monoisotopic (exact) mass is 434 g/mol. The van der Waals surface area contributed by atoms with Gasteiger partial charge in [0, 0.05) is 39.9 Å². The summed E-state index contributed by atoms with van der Waals surface area (Å²) in [5, 5.41) is 9.23. The quantitative estimate of drug-likeness (QED) is 0.365. The minimum absolute atomic E-state index is 0. The standard InChI is InChI=1S/C16H26N4O2.HI/c1-12(21)20-14-8-6-7-13(9-14)10-18-15(17-4)19-11-16(2,3)22-5;/h6-9H,10-11H2,1-5H3,(H,20,21)(H2,17,18,19);1H. The minimum Gasteiger partial charge on any atom is -0.377 e. The number of aliphatic imine (C=N–C) groups is 1. The summed E-state index contributed by atoms with van der Waals surface area (Å²) in [6.45, 7) is 6.76. The number of halogens is 1. The van der Waals surface area contributed by atoms with Gasteiger partial charge in [0.15, 0.2) is 5.96 Å². The van der Waals surface area contributed by atoms with Gasteiger partial charge in [-0.1, -0.05) is 12.1 Å². The molecule has 23 heavy (non-hydrogen) atoms. The van der Waals surface area contributed by atoms with Crippen LogP contribution in [0.25, 0.3) is 0 Å². The molecule has 6 nitrogen and oxygen atoms in total. The number of rotatable bonds is 6. The highest BCUT2D eigenvalue weighted by atomic mass is 127. The summed E-state index contributed by atoms with van der Waals surface area (Å²) in [5.74, 6) is 0.624. The van der Waals surface area contributed by atoms with E-state index in [-0.39, 0.29) is 35.5 Å². The maximum absolute atomic E-state index is 11.1. The fourth-order valence-corrected chi connectivity index (χ4v) is 1.74. The van der Waals surface area contributed by atoms with E-state index in [1.165, 1.54) is 6.92 Å². The first kappa shape index (κ1) is 21.6. The van der Waals surface area contributed by atoms with Crippen LogP contribution in [0.3, 0.4) is 0 Å². The van der Waals surface area contributed by atoms with E-state index in [9.17, 15) is 4.79 Å². The van der Waals surface area contributed by atoms with Crippen molar-refractivity contribution in [3.8, 4) is 0 Å². The van der Waals surface area contributed by atoms with Gasteiger partial charge in [0.2, 0.25) is 5.91 Å². The van der Waals surface area contributed by atoms with Crippen molar-refractivity contribution in [2.75, 3.05) is 26.0 Å². The molecule has 0 bridgehead atoms. The van der Waals surface area contributed by atoms with Crippen LogP contribution in [0.15, 0.2) is 29.3 Å². The van der Waals surface area contributed by atoms with Crippen LogP contribution in [0.1, 0.15) is 26.3 Å². The molecule has 0 unspecified atom stereocenters. The Morgan fingerprint density at radius 1 is 1.30 bits per heavy atom. The number of carbonyl (C=O) groups excluding carboxylic acids is 1. The Morgan fingerprint density at radius 2 is 2.00 bits per heavy atom. The van der Waals surface area contributed by atoms with Gasteiger partial charge in [-0.05, 0) is 31.5 Å². The van der Waals surface area contributed by atoms with Gasteiger partial charge in [0.05, 0.1) is 5.60 Å². The zero-order chi connectivity index (χ0) is 16.6. The average molecular weight is 434 g/mol. The molecule has 0 heterocycles. The summed E-state index contributed by atoms with van der Waals surface area (Å²) in [7, 11) is 3.41. The van der Waals surface area contributed by atoms with Crippen LogP contribution < -0.4 is 16.0 Å². The highest BCUT2D eigenvalue weighted by molar-refractivity contribution is 14.0. The third kappa shape index (κ3) is 8.75. The van der Waals surface area contributed by atoms with Gasteiger partial charge in [-0.15, -0.1) is 24.0 Å². The van der Waals surface area contributed by atoms with E-state index in [0.717, 1.165) is 11.3 Å². The van der Waals surface area contributed by atoms with Crippen LogP contribution in [0, 0.1) is 0 Å². The number of anilines is 1. The molecular formula is C16H27IN4O2. The van der Waals surface area contributed by atoms with Crippen molar-refractivity contribution in [2.24, 2.45) is 4.99 Å². The zero-order valence-electron chi connectivity index (χ0n) is 14.4. The highest BCUT2D eigenvalue weighted by Gasteiger charge is 2.16. The fourth-order valence-electron chi connectivity index (χ4n) is 1.74. The first-order chi connectivity index (χ1) is 10.4. The molecule has 3 N–H and O–H groups in total. The van der Waals surface area contributed by atoms with Crippen molar-refractivity contribution in [3.63, 3.8) is 0 Å². The van der Waals surface area contributed by atoms with Gasteiger partial charge in [-0.25, -0.2) is 0 Å². The molecule has 0 saturated carbocycles. The number of guanidine groups is 1. The van der Waals surface area contributed by atoms with E-state index < -0.39 is 0 Å². The second-order valence-corrected chi connectivity index (χ2v) is 5.62. The number of ether oxygens (including phenoxy) is 1. The lowest BCUT2D eigenvalue weighted by Gasteiger charge is -2.24. The summed E-state index contributed by atoms with van der Waals surface area (Å²) in [6, 6.07) is 7.69. The summed E-state index contributed by atoms with van der Waals surface area (Å²) >= 11 is 0. The Morgan fingerprint density at radius 3 is 2.57 bits per heavy atom. The Hall–Kier alpha value is -1.35. The second-order valence-electron chi connectivity index (χ2n) is 5.62. The number of nitrogens with zero attached hydrogens (tertiary/aromatic N) is 1. The molecule has 0 aromatic heterocycles. The van der Waals surface area contributed by atoms with Crippen LogP contribution in [0.4, 0.5) is 5.69 Å². The molecule has 0 aliphatic heterocycles. The molecular weight excluding hydrogens is 407 g/mol. The van der Waals surface area contributed by atoms with E-state index in [0.29, 0.717) is 19.0 Å². The van der Waals surface area contributed by atoms with Crippen molar-refractivity contribution < 1.29 is 9.53 Å². The van der Waals surface area contributed by atoms with Crippen LogP contribution in [0.5, 0.6) is 0 Å². The lowest BCUT2D eigenvalue weighted by Crippen LogP contribution is -2.45. The third-order valence-electron chi connectivity index (χ3n) is 3.17. The van der Waals surface area contributed by atoms with Gasteiger partial charge in [-0.3, -0.25) is 9.79 Å². The molecule has 1 aromatic rings. The Bertz CT molecular complexity index is 533. The molecule has 7 heteroatoms. The van der Waals surface area contributed by atoms with Crippen molar-refractivity contribution in [3.05, 3.63) is 29.8 Å². The van der Waals surface area contributed by atoms with Crippen LogP contribution in [-0.4, -0.2) is 38.2 Å². The lowest BCUT2D eigenvalue weighted by atomic mass is 10.1. The molecule has 0 fully saturated rings. The van der Waals surface area contributed by atoms with Crippen molar-refractivity contribution in [2.45, 2.75) is 32.9 Å². The largest absolute Gasteiger partial charge is 0.377 e. The molecule has 1 aromatic carbocycles. The first-order valence-corrected chi connectivity index (χ1v) is 7.22. The maximum Gasteiger partial charge on any atom is 0.221 e. The number of carbonyl (C=O) groups is 1. The average Bonchev–Trinajstić information content (AvgIpc) is 2.47. The van der Waals surface area contributed by atoms with Gasteiger partial charge in [0.1, 0.15) is 0 Å². The summed E-state index contributed by atoms with van der Waals surface area (Å²) < 4.78 is 5.36. The summed E-state index contributed by atoms with van der Waals surface area (Å²) in [4.78, 5) is 15.3. The lowest BCUT2D eigenvalue weighted by molar-refractivity contribution is -0.114. The molecule has 0 aliphatic rings. The van der Waals surface area contributed by atoms with E-state index in [1.54, 1.807) is 14.2 Å². The SMILES string of the molecule is CN=C(NCc1cccc(NC(C)=O)c1)NCC(C)(C)OC.I. The Kier molecular flexibility index (Phi) is 9.82. The van der Waals surface area contributed by atoms with E-state index in [4.69, 9.17) is 4.74 Å². The molecule has 0 atom stereocenters. The van der Waals surface area contributed by atoms with Gasteiger partial charge < -0.3 is 20.7 Å². The molecule has 0 aliphatic carbocycles. The third-order valence-corrected chi connectivity index (χ3v) is 3.17. The number of methoxy groups -OCH3 is 1. The molecule has 1 rings (SSSR count). The summed E-state index contributed by atoms with van der Waals surface area (Å²) in [6.07, 6.45) is 0. The van der Waals surface area contributed by atoms with E-state index in [2.05, 4.69) is 20.9 Å². The number of benzene rings is 1. The zero-order valence-corrected chi connectivity index (χ0v) is 16.7. The number of hydrogen-bond acceptors (Lipinski definition) is 3. The predicted molar refractivity (Wildman–Crippen MR) is 105 cm³/mol. The highest BCUT2D eigenvalue weighted by Crippen LogP contribution is 2.10. The van der Waals surface area contributed by atoms with Crippen LogP contribution >= 0.6 is 24.0 Å². The second kappa shape index (κ2) is 10.4. The fraction of sp³-hybridized carbons (Fsp3) is 0.500. The van der Waals surface area contributed by atoms with Crippen molar-refractivity contribution >= 4 is 41.5 Å². The molecule has 1 amide bonds. The Balaban J connectivity index is 0.00000484. The van der Waals surface area contributed by atoms with Gasteiger partial charge in [0.25, 0.3) is 0 Å². The van der Waals surface area contributed by atoms with Crippen molar-refractivity contribution in [1.29, 1.82) is 0 Å². The molecule has 0 radical (unpaired) electrons. The molecule has 0 spiro atoms. The number of nitrogens with one attached hydrogen (secondary N) is 3. The van der Waals surface area contributed by atoms with Crippen LogP contribution in [-0.2, 0) is 16.1 Å². The predicted octanol–water partition coefficient (Wildman–Crippen LogP) is 2.35. The van der Waals surface area contributed by atoms with Gasteiger partial charge >= 0.3 is 0 Å². The minimum atomic E-state index is -0.261. The van der Waals surface area contributed by atoms with E-state index >= 15 is 0 Å². The normalized spacial score (nSPS) is 11.4. The Labute approximate surface area is 155 Å². The van der Waals surface area contributed by atoms with Crippen LogP contribution in [0.2, 0.25) is 0 Å². The maximum atomic E-state index is 11.1. The van der Waals surface area contributed by atoms with Crippen molar-refractivity contribution in [1.82, 2.24) is 10.6 Å². The smallest absolute Gasteiger partial charge is 0.221 e. The van der Waals surface area contributed by atoms with Gasteiger partial charge in [-0.2, -0.15) is 0 Å². The molecule has 0 saturated heterocycles. The number of hydrogen-bond donors (Lipinski definition) is 3. The number of amides is 1. The molecule has 130 valence electrons.